The van der Waals surface area contributed by atoms with E-state index in [4.69, 9.17) is 4.74 Å². The van der Waals surface area contributed by atoms with Gasteiger partial charge in [0.25, 0.3) is 0 Å². The van der Waals surface area contributed by atoms with E-state index >= 15 is 0 Å². The van der Waals surface area contributed by atoms with Crippen molar-refractivity contribution in [1.82, 2.24) is 14.9 Å². The highest BCUT2D eigenvalue weighted by Crippen LogP contribution is 2.20. The predicted molar refractivity (Wildman–Crippen MR) is 86.7 cm³/mol. The maximum atomic E-state index is 5.76. The van der Waals surface area contributed by atoms with Gasteiger partial charge >= 0.3 is 0 Å². The van der Waals surface area contributed by atoms with Crippen molar-refractivity contribution in [3.8, 4) is 5.88 Å². The molecule has 0 bridgehead atoms. The van der Waals surface area contributed by atoms with E-state index in [-0.39, 0.29) is 0 Å². The van der Waals surface area contributed by atoms with Crippen molar-refractivity contribution in [2.75, 3.05) is 19.7 Å². The van der Waals surface area contributed by atoms with Crippen LogP contribution in [-0.2, 0) is 6.54 Å². The first-order valence-corrected chi connectivity index (χ1v) is 7.96. The van der Waals surface area contributed by atoms with Crippen molar-refractivity contribution in [1.29, 1.82) is 0 Å². The summed E-state index contributed by atoms with van der Waals surface area (Å²) in [6, 6.07) is 8.78. The van der Waals surface area contributed by atoms with Crippen LogP contribution in [0.5, 0.6) is 5.88 Å². The molecule has 4 nitrogen and oxygen atoms in total. The zero-order valence-electron chi connectivity index (χ0n) is 13.1. The van der Waals surface area contributed by atoms with Crippen LogP contribution in [0.2, 0.25) is 0 Å². The van der Waals surface area contributed by atoms with Crippen molar-refractivity contribution >= 4 is 0 Å². The summed E-state index contributed by atoms with van der Waals surface area (Å²) in [6.07, 6.45) is 7.47. The predicted octanol–water partition coefficient (Wildman–Crippen LogP) is 3.08. The number of hydrogen-bond donors (Lipinski definition) is 0. The van der Waals surface area contributed by atoms with Crippen LogP contribution in [0.3, 0.4) is 0 Å². The zero-order chi connectivity index (χ0) is 15.2. The standard InChI is InChI=1S/C18H23N3O/c1-15-4-2-5-16(10-15)12-21-9-3-6-17(13-21)14-22-18-11-19-7-8-20-18/h2,4-5,7-8,10-11,17H,3,6,9,12-14H2,1H3. The highest BCUT2D eigenvalue weighted by atomic mass is 16.5. The Morgan fingerprint density at radius 3 is 3.09 bits per heavy atom. The molecule has 0 amide bonds. The van der Waals surface area contributed by atoms with E-state index in [0.717, 1.165) is 19.7 Å². The summed E-state index contributed by atoms with van der Waals surface area (Å²) >= 11 is 0. The third-order valence-corrected chi connectivity index (χ3v) is 4.10. The van der Waals surface area contributed by atoms with Crippen LogP contribution < -0.4 is 4.74 Å². The summed E-state index contributed by atoms with van der Waals surface area (Å²) < 4.78 is 5.76. The Morgan fingerprint density at radius 2 is 2.27 bits per heavy atom. The van der Waals surface area contributed by atoms with Crippen molar-refractivity contribution in [2.45, 2.75) is 26.3 Å². The monoisotopic (exact) mass is 297 g/mol. The fourth-order valence-corrected chi connectivity index (χ4v) is 3.06. The van der Waals surface area contributed by atoms with Crippen LogP contribution in [0.4, 0.5) is 0 Å². The first-order chi connectivity index (χ1) is 10.8. The third kappa shape index (κ3) is 4.28. The molecule has 1 unspecified atom stereocenters. The average molecular weight is 297 g/mol. The molecule has 2 heterocycles. The van der Waals surface area contributed by atoms with Gasteiger partial charge in [-0.25, -0.2) is 4.98 Å². The molecule has 1 atom stereocenters. The van der Waals surface area contributed by atoms with E-state index in [1.807, 2.05) is 0 Å². The van der Waals surface area contributed by atoms with Gasteiger partial charge in [0.2, 0.25) is 5.88 Å². The van der Waals surface area contributed by atoms with Gasteiger partial charge in [0, 0.05) is 31.4 Å². The smallest absolute Gasteiger partial charge is 0.232 e. The second kappa shape index (κ2) is 7.36. The fourth-order valence-electron chi connectivity index (χ4n) is 3.06. The fraction of sp³-hybridized carbons (Fsp3) is 0.444. The molecule has 3 rings (SSSR count). The Hall–Kier alpha value is -1.94. The molecule has 1 aromatic heterocycles. The topological polar surface area (TPSA) is 38.2 Å². The van der Waals surface area contributed by atoms with Gasteiger partial charge in [-0.1, -0.05) is 29.8 Å². The Kier molecular flexibility index (Phi) is 5.01. The van der Waals surface area contributed by atoms with Gasteiger partial charge in [-0.15, -0.1) is 0 Å². The minimum absolute atomic E-state index is 0.570. The lowest BCUT2D eigenvalue weighted by Gasteiger charge is -2.32. The van der Waals surface area contributed by atoms with Crippen molar-refractivity contribution < 1.29 is 4.74 Å². The number of aryl methyl sites for hydroxylation is 1. The Bertz CT molecular complexity index is 588. The average Bonchev–Trinajstić information content (AvgIpc) is 2.54. The van der Waals surface area contributed by atoms with Crippen LogP contribution in [0.1, 0.15) is 24.0 Å². The molecule has 0 spiro atoms. The molecule has 0 N–H and O–H groups in total. The maximum Gasteiger partial charge on any atom is 0.232 e. The Balaban J connectivity index is 1.51. The summed E-state index contributed by atoms with van der Waals surface area (Å²) in [6.45, 7) is 6.17. The van der Waals surface area contributed by atoms with Crippen LogP contribution in [0, 0.1) is 12.8 Å². The van der Waals surface area contributed by atoms with E-state index in [2.05, 4.69) is 46.1 Å². The Labute approximate surface area is 132 Å². The normalized spacial score (nSPS) is 19.0. The number of rotatable bonds is 5. The van der Waals surface area contributed by atoms with Crippen molar-refractivity contribution in [3.63, 3.8) is 0 Å². The number of aromatic nitrogens is 2. The molecule has 0 aliphatic carbocycles. The molecule has 0 saturated carbocycles. The highest BCUT2D eigenvalue weighted by Gasteiger charge is 2.20. The third-order valence-electron chi connectivity index (χ3n) is 4.10. The molecule has 1 aliphatic rings. The van der Waals surface area contributed by atoms with E-state index in [1.54, 1.807) is 18.6 Å². The number of hydrogen-bond acceptors (Lipinski definition) is 4. The molecule has 0 radical (unpaired) electrons. The first-order valence-electron chi connectivity index (χ1n) is 7.96. The van der Waals surface area contributed by atoms with Gasteiger partial charge < -0.3 is 4.74 Å². The Morgan fingerprint density at radius 1 is 1.32 bits per heavy atom. The minimum Gasteiger partial charge on any atom is -0.476 e. The van der Waals surface area contributed by atoms with E-state index in [9.17, 15) is 0 Å². The molecular weight excluding hydrogens is 274 g/mol. The van der Waals surface area contributed by atoms with Crippen molar-refractivity contribution in [2.24, 2.45) is 5.92 Å². The largest absolute Gasteiger partial charge is 0.476 e. The summed E-state index contributed by atoms with van der Waals surface area (Å²) in [5, 5.41) is 0. The lowest BCUT2D eigenvalue weighted by atomic mass is 9.98. The zero-order valence-corrected chi connectivity index (χ0v) is 13.1. The summed E-state index contributed by atoms with van der Waals surface area (Å²) in [5.41, 5.74) is 2.73. The number of nitrogens with zero attached hydrogens (tertiary/aromatic N) is 3. The number of benzene rings is 1. The van der Waals surface area contributed by atoms with Gasteiger partial charge in [0.1, 0.15) is 0 Å². The van der Waals surface area contributed by atoms with Gasteiger partial charge in [0.05, 0.1) is 12.8 Å². The summed E-state index contributed by atoms with van der Waals surface area (Å²) in [5.74, 6) is 1.19. The van der Waals surface area contributed by atoms with Gasteiger partial charge in [-0.2, -0.15) is 0 Å². The van der Waals surface area contributed by atoms with E-state index in [0.29, 0.717) is 11.8 Å². The molecule has 1 aliphatic heterocycles. The lowest BCUT2D eigenvalue weighted by molar-refractivity contribution is 0.123. The van der Waals surface area contributed by atoms with Gasteiger partial charge in [-0.3, -0.25) is 9.88 Å². The SMILES string of the molecule is Cc1cccc(CN2CCCC(COc3cnccn3)C2)c1. The van der Waals surface area contributed by atoms with Crippen LogP contribution in [0.15, 0.2) is 42.9 Å². The van der Waals surface area contributed by atoms with Crippen LogP contribution in [-0.4, -0.2) is 34.6 Å². The molecule has 116 valence electrons. The molecule has 1 aromatic carbocycles. The minimum atomic E-state index is 0.570. The number of piperidine rings is 1. The quantitative estimate of drug-likeness (QED) is 0.850. The van der Waals surface area contributed by atoms with Gasteiger partial charge in [-0.05, 0) is 31.9 Å². The second-order valence-electron chi connectivity index (χ2n) is 6.09. The van der Waals surface area contributed by atoms with Crippen LogP contribution in [0.25, 0.3) is 0 Å². The lowest BCUT2D eigenvalue weighted by Crippen LogP contribution is -2.37. The molecule has 2 aromatic rings. The molecule has 22 heavy (non-hydrogen) atoms. The van der Waals surface area contributed by atoms with Crippen molar-refractivity contribution in [3.05, 3.63) is 54.0 Å². The van der Waals surface area contributed by atoms with E-state index < -0.39 is 0 Å². The second-order valence-corrected chi connectivity index (χ2v) is 6.09. The van der Waals surface area contributed by atoms with E-state index in [1.165, 1.54) is 30.5 Å². The summed E-state index contributed by atoms with van der Waals surface area (Å²) in [7, 11) is 0. The van der Waals surface area contributed by atoms with Gasteiger partial charge in [0.15, 0.2) is 0 Å². The molecule has 1 fully saturated rings. The van der Waals surface area contributed by atoms with Crippen LogP contribution >= 0.6 is 0 Å². The molecular formula is C18H23N3O. The summed E-state index contributed by atoms with van der Waals surface area (Å²) in [4.78, 5) is 10.7. The maximum absolute atomic E-state index is 5.76. The first kappa shape index (κ1) is 15.0. The number of likely N-dealkylation sites (tertiary alicyclic amines) is 1. The molecule has 4 heteroatoms. The molecule has 1 saturated heterocycles. The highest BCUT2D eigenvalue weighted by molar-refractivity contribution is 5.22. The number of ether oxygens (including phenoxy) is 1.